The van der Waals surface area contributed by atoms with Crippen molar-refractivity contribution in [2.24, 2.45) is 0 Å². The van der Waals surface area contributed by atoms with Gasteiger partial charge in [-0.15, -0.1) is 0 Å². The van der Waals surface area contributed by atoms with Crippen LogP contribution in [-0.2, 0) is 4.74 Å². The average Bonchev–Trinajstić information content (AvgIpc) is 2.14. The fourth-order valence-corrected chi connectivity index (χ4v) is 1.56. The topological polar surface area (TPSA) is 9.23 Å². The normalized spacial score (nSPS) is 17.6. The van der Waals surface area contributed by atoms with Crippen molar-refractivity contribution in [2.45, 2.75) is 45.4 Å². The van der Waals surface area contributed by atoms with Gasteiger partial charge in [-0.3, -0.25) is 0 Å². The molecule has 0 fully saturated rings. The van der Waals surface area contributed by atoms with Crippen LogP contribution in [0, 0.1) is 0 Å². The predicted octanol–water partition coefficient (Wildman–Crippen LogP) is 3.30. The highest BCUT2D eigenvalue weighted by molar-refractivity contribution is 5.04. The van der Waals surface area contributed by atoms with Gasteiger partial charge in [-0.2, -0.15) is 0 Å². The van der Waals surface area contributed by atoms with Gasteiger partial charge in [0.1, 0.15) is 0 Å². The van der Waals surface area contributed by atoms with Gasteiger partial charge in [-0.1, -0.05) is 32.3 Å². The van der Waals surface area contributed by atoms with Crippen LogP contribution in [-0.4, -0.2) is 13.2 Å². The lowest BCUT2D eigenvalue weighted by molar-refractivity contribution is 0.148. The van der Waals surface area contributed by atoms with Gasteiger partial charge in [0.2, 0.25) is 0 Å². The molecule has 0 amide bonds. The first-order valence-electron chi connectivity index (χ1n) is 5.19. The van der Waals surface area contributed by atoms with Crippen LogP contribution in [0.4, 0.5) is 0 Å². The van der Waals surface area contributed by atoms with Gasteiger partial charge in [0.15, 0.2) is 0 Å². The highest BCUT2D eigenvalue weighted by Gasteiger charge is 2.02. The third-order valence-corrected chi connectivity index (χ3v) is 2.33. The van der Waals surface area contributed by atoms with Crippen molar-refractivity contribution in [1.29, 1.82) is 0 Å². The molecular formula is C11H20O. The first-order valence-corrected chi connectivity index (χ1v) is 5.19. The Morgan fingerprint density at radius 2 is 2.25 bits per heavy atom. The average molecular weight is 168 g/mol. The Bertz CT molecular complexity index is 138. The summed E-state index contributed by atoms with van der Waals surface area (Å²) in [5.74, 6) is 0. The van der Waals surface area contributed by atoms with E-state index in [1.54, 1.807) is 0 Å². The van der Waals surface area contributed by atoms with E-state index in [0.29, 0.717) is 0 Å². The van der Waals surface area contributed by atoms with Crippen LogP contribution >= 0.6 is 0 Å². The summed E-state index contributed by atoms with van der Waals surface area (Å²) in [6.45, 7) is 4.08. The van der Waals surface area contributed by atoms with Gasteiger partial charge in [-0.05, 0) is 24.8 Å². The number of hydrogen-bond acceptors (Lipinski definition) is 1. The standard InChI is InChI=1S/C11H20O/c1-2-3-4-5-7-11-8-6-9-12-10-11/h8H,2-7,9-10H2,1H3. The number of hydrogen-bond donors (Lipinski definition) is 0. The predicted molar refractivity (Wildman–Crippen MR) is 52.3 cm³/mol. The smallest absolute Gasteiger partial charge is 0.0676 e. The molecule has 0 saturated heterocycles. The van der Waals surface area contributed by atoms with E-state index in [-0.39, 0.29) is 0 Å². The molecule has 0 aromatic rings. The van der Waals surface area contributed by atoms with E-state index < -0.39 is 0 Å². The fraction of sp³-hybridized carbons (Fsp3) is 0.818. The summed E-state index contributed by atoms with van der Waals surface area (Å²) < 4.78 is 5.37. The van der Waals surface area contributed by atoms with E-state index in [2.05, 4.69) is 13.0 Å². The van der Waals surface area contributed by atoms with Gasteiger partial charge >= 0.3 is 0 Å². The van der Waals surface area contributed by atoms with Crippen molar-refractivity contribution in [3.05, 3.63) is 11.6 Å². The summed E-state index contributed by atoms with van der Waals surface area (Å²) in [7, 11) is 0. The Labute approximate surface area is 75.8 Å². The van der Waals surface area contributed by atoms with Crippen molar-refractivity contribution >= 4 is 0 Å². The third kappa shape index (κ3) is 3.91. The van der Waals surface area contributed by atoms with Gasteiger partial charge in [0, 0.05) is 0 Å². The molecule has 0 saturated carbocycles. The first kappa shape index (κ1) is 9.79. The quantitative estimate of drug-likeness (QED) is 0.452. The SMILES string of the molecule is CCCCCCC1=CCCOC1. The Balaban J connectivity index is 2.01. The molecule has 1 heteroatoms. The molecule has 0 atom stereocenters. The maximum Gasteiger partial charge on any atom is 0.0676 e. The number of unbranched alkanes of at least 4 members (excludes halogenated alkanes) is 3. The van der Waals surface area contributed by atoms with E-state index in [0.717, 1.165) is 19.6 Å². The molecule has 1 aliphatic rings. The van der Waals surface area contributed by atoms with Gasteiger partial charge in [-0.25, -0.2) is 0 Å². The van der Waals surface area contributed by atoms with E-state index in [1.165, 1.54) is 37.7 Å². The minimum atomic E-state index is 0.895. The molecular weight excluding hydrogens is 148 g/mol. The number of ether oxygens (including phenoxy) is 1. The summed E-state index contributed by atoms with van der Waals surface area (Å²) in [6.07, 6.45) is 10.2. The van der Waals surface area contributed by atoms with Crippen LogP contribution in [0.5, 0.6) is 0 Å². The summed E-state index contributed by atoms with van der Waals surface area (Å²) in [4.78, 5) is 0. The maximum atomic E-state index is 5.37. The molecule has 0 aromatic carbocycles. The second-order valence-electron chi connectivity index (χ2n) is 3.51. The second-order valence-corrected chi connectivity index (χ2v) is 3.51. The van der Waals surface area contributed by atoms with E-state index in [9.17, 15) is 0 Å². The second kappa shape index (κ2) is 6.24. The molecule has 70 valence electrons. The van der Waals surface area contributed by atoms with Crippen LogP contribution in [0.3, 0.4) is 0 Å². The summed E-state index contributed by atoms with van der Waals surface area (Å²) >= 11 is 0. The molecule has 1 nitrogen and oxygen atoms in total. The van der Waals surface area contributed by atoms with Crippen LogP contribution in [0.2, 0.25) is 0 Å². The Hall–Kier alpha value is -0.300. The molecule has 1 aliphatic heterocycles. The molecule has 0 unspecified atom stereocenters. The lowest BCUT2D eigenvalue weighted by Crippen LogP contribution is -2.05. The molecule has 0 aliphatic carbocycles. The van der Waals surface area contributed by atoms with Crippen LogP contribution < -0.4 is 0 Å². The third-order valence-electron chi connectivity index (χ3n) is 2.33. The molecule has 0 spiro atoms. The Morgan fingerprint density at radius 3 is 2.92 bits per heavy atom. The van der Waals surface area contributed by atoms with Gasteiger partial charge < -0.3 is 4.74 Å². The Morgan fingerprint density at radius 1 is 1.33 bits per heavy atom. The zero-order chi connectivity index (χ0) is 8.65. The van der Waals surface area contributed by atoms with Crippen molar-refractivity contribution < 1.29 is 4.74 Å². The summed E-state index contributed by atoms with van der Waals surface area (Å²) in [6, 6.07) is 0. The van der Waals surface area contributed by atoms with Crippen molar-refractivity contribution in [3.8, 4) is 0 Å². The van der Waals surface area contributed by atoms with Crippen LogP contribution in [0.1, 0.15) is 45.4 Å². The summed E-state index contributed by atoms with van der Waals surface area (Å²) in [5, 5.41) is 0. The zero-order valence-corrected chi connectivity index (χ0v) is 8.14. The fourth-order valence-electron chi connectivity index (χ4n) is 1.56. The molecule has 1 heterocycles. The van der Waals surface area contributed by atoms with E-state index >= 15 is 0 Å². The van der Waals surface area contributed by atoms with Crippen molar-refractivity contribution in [3.63, 3.8) is 0 Å². The monoisotopic (exact) mass is 168 g/mol. The van der Waals surface area contributed by atoms with Crippen molar-refractivity contribution in [2.75, 3.05) is 13.2 Å². The molecule has 1 rings (SSSR count). The van der Waals surface area contributed by atoms with Gasteiger partial charge in [0.25, 0.3) is 0 Å². The van der Waals surface area contributed by atoms with Crippen LogP contribution in [0.15, 0.2) is 11.6 Å². The largest absolute Gasteiger partial charge is 0.377 e. The minimum absolute atomic E-state index is 0.895. The molecule has 0 bridgehead atoms. The van der Waals surface area contributed by atoms with Crippen LogP contribution in [0.25, 0.3) is 0 Å². The van der Waals surface area contributed by atoms with Crippen molar-refractivity contribution in [1.82, 2.24) is 0 Å². The molecule has 0 aromatic heterocycles. The van der Waals surface area contributed by atoms with E-state index in [1.807, 2.05) is 0 Å². The summed E-state index contributed by atoms with van der Waals surface area (Å²) in [5.41, 5.74) is 1.53. The molecule has 12 heavy (non-hydrogen) atoms. The van der Waals surface area contributed by atoms with E-state index in [4.69, 9.17) is 4.74 Å². The lowest BCUT2D eigenvalue weighted by atomic mass is 10.1. The minimum Gasteiger partial charge on any atom is -0.377 e. The highest BCUT2D eigenvalue weighted by Crippen LogP contribution is 2.14. The van der Waals surface area contributed by atoms with Gasteiger partial charge in [0.05, 0.1) is 13.2 Å². The molecule has 0 N–H and O–H groups in total. The molecule has 0 radical (unpaired) electrons. The lowest BCUT2D eigenvalue weighted by Gasteiger charge is -2.12. The first-order chi connectivity index (χ1) is 5.93. The maximum absolute atomic E-state index is 5.37. The number of rotatable bonds is 5. The highest BCUT2D eigenvalue weighted by atomic mass is 16.5. The zero-order valence-electron chi connectivity index (χ0n) is 8.14. The Kier molecular flexibility index (Phi) is 5.09.